The first-order chi connectivity index (χ1) is 4.17. The van der Waals surface area contributed by atoms with Crippen molar-refractivity contribution in [3.8, 4) is 0 Å². The Morgan fingerprint density at radius 2 is 1.08 bits per heavy atom. The van der Waals surface area contributed by atoms with Crippen molar-refractivity contribution in [1.29, 1.82) is 0 Å². The van der Waals surface area contributed by atoms with Crippen LogP contribution in [0.4, 0.5) is 0 Å². The minimum absolute atomic E-state index is 0. The second-order valence-electron chi connectivity index (χ2n) is 1.18. The van der Waals surface area contributed by atoms with Crippen LogP contribution < -0.4 is 103 Å². The third kappa shape index (κ3) is 4.58. The zero-order valence-electron chi connectivity index (χ0n) is 6.16. The number of hydrogen-bond donors (Lipinski definition) is 0. The Hall–Kier alpha value is 2.14. The summed E-state index contributed by atoms with van der Waals surface area (Å²) in [5.41, 5.74) is 0. The second kappa shape index (κ2) is 5.89. The van der Waals surface area contributed by atoms with Gasteiger partial charge in [0.25, 0.3) is 10.00 Å². The van der Waals surface area contributed by atoms with E-state index in [1.165, 1.54) is 0 Å². The number of nitrogens with zero attached hydrogens (tertiary/aromatic N) is 2. The van der Waals surface area contributed by atoms with E-state index in [4.69, 9.17) is 0 Å². The minimum Gasteiger partial charge on any atom is -0.692 e. The van der Waals surface area contributed by atoms with Crippen LogP contribution in [0.3, 0.4) is 0 Å². The molecule has 9 nitrogen and oxygen atoms in total. The van der Waals surface area contributed by atoms with Gasteiger partial charge in [-0.25, -0.2) is 20.2 Å². The summed E-state index contributed by atoms with van der Waals surface area (Å²) < 4.78 is 24.1. The van der Waals surface area contributed by atoms with Gasteiger partial charge in [-0.15, -0.1) is 0 Å². The summed E-state index contributed by atoms with van der Waals surface area (Å²) in [6.07, 6.45) is 0. The second-order valence-corrected chi connectivity index (χ2v) is 3.24. The maximum absolute atomic E-state index is 9.68. The molecule has 0 saturated heterocycles. The molecule has 60 valence electrons. The van der Waals surface area contributed by atoms with E-state index in [1.54, 1.807) is 0 Å². The Labute approximate surface area is 151 Å². The Morgan fingerprint density at radius 1 is 0.917 bits per heavy atom. The molecule has 0 aromatic carbocycles. The molecule has 12 heavy (non-hydrogen) atoms. The zero-order valence-corrected chi connectivity index (χ0v) is 13.2. The summed E-state index contributed by atoms with van der Waals surface area (Å²) in [6, 6.07) is 0. The summed E-state index contributed by atoms with van der Waals surface area (Å²) in [5.74, 6) is 0. The van der Waals surface area contributed by atoms with Crippen LogP contribution in [0.1, 0.15) is 0 Å². The van der Waals surface area contributed by atoms with Crippen LogP contribution in [0.5, 0.6) is 0 Å². The largest absolute Gasteiger partial charge is 1.00 e. The van der Waals surface area contributed by atoms with Gasteiger partial charge in [-0.05, 0) is 0 Å². The van der Waals surface area contributed by atoms with E-state index in [9.17, 15) is 33.5 Å². The van der Waals surface area contributed by atoms with Gasteiger partial charge in [0.15, 0.2) is 0 Å². The molecule has 0 rings (SSSR count). The maximum atomic E-state index is 9.68. The summed E-state index contributed by atoms with van der Waals surface area (Å²) in [7, 11) is -7.39. The predicted octanol–water partition coefficient (Wildman–Crippen LogP) is -7.54. The molecule has 0 aromatic rings. The molecule has 0 fully saturated rings. The maximum Gasteiger partial charge on any atom is 1.00 e. The Balaban J connectivity index is -0.000000405. The van der Waals surface area contributed by atoms with Crippen molar-refractivity contribution in [3.63, 3.8) is 0 Å². The molecule has 0 saturated carbocycles. The van der Waals surface area contributed by atoms with E-state index in [-0.39, 0.29) is 103 Å². The molecular formula is K2N2O7S. The van der Waals surface area contributed by atoms with Crippen LogP contribution in [-0.2, 0) is 10.00 Å². The van der Waals surface area contributed by atoms with Crippen molar-refractivity contribution in [2.75, 3.05) is 0 Å². The molecule has 0 unspecified atom stereocenters. The quantitative estimate of drug-likeness (QED) is 0.268. The van der Waals surface area contributed by atoms with E-state index >= 15 is 0 Å². The fraction of sp³-hybridized carbons (Fsp3) is 0. The van der Waals surface area contributed by atoms with E-state index in [1.807, 2.05) is 0 Å². The van der Waals surface area contributed by atoms with Crippen LogP contribution in [0.2, 0.25) is 0 Å². The van der Waals surface area contributed by atoms with Crippen LogP contribution >= 0.6 is 0 Å². The molecule has 0 N–H and O–H groups in total. The Kier molecular flexibility index (Phi) is 9.65. The van der Waals surface area contributed by atoms with Crippen molar-refractivity contribution < 1.29 is 125 Å². The third-order valence-corrected chi connectivity index (χ3v) is 1.50. The first-order valence-corrected chi connectivity index (χ1v) is 3.33. The third-order valence-electron chi connectivity index (χ3n) is 0.498. The molecular weight excluding hydrogens is 250 g/mol. The van der Waals surface area contributed by atoms with Gasteiger partial charge in [-0.1, -0.05) is 0 Å². The van der Waals surface area contributed by atoms with E-state index in [0.29, 0.717) is 0 Å². The smallest absolute Gasteiger partial charge is 0.692 e. The van der Waals surface area contributed by atoms with Gasteiger partial charge in [0.1, 0.15) is 8.66 Å². The van der Waals surface area contributed by atoms with E-state index in [2.05, 4.69) is 0 Å². The molecule has 0 radical (unpaired) electrons. The number of hydrogen-bond acceptors (Lipinski definition) is 7. The fourth-order valence-electron chi connectivity index (χ4n) is 0.0544. The Bertz CT molecular complexity index is 232. The zero-order chi connectivity index (χ0) is 8.60. The molecule has 0 spiro atoms. The summed E-state index contributed by atoms with van der Waals surface area (Å²) >= 11 is 0. The molecule has 0 aromatic heterocycles. The Morgan fingerprint density at radius 3 is 1.08 bits per heavy atom. The van der Waals surface area contributed by atoms with Gasteiger partial charge in [-0.3, -0.25) is 0 Å². The average Bonchev–Trinajstić information content (AvgIpc) is 1.63. The van der Waals surface area contributed by atoms with Crippen molar-refractivity contribution >= 4 is 10.00 Å². The van der Waals surface area contributed by atoms with Gasteiger partial charge in [0, 0.05) is 0 Å². The monoisotopic (exact) mass is 250 g/mol. The van der Waals surface area contributed by atoms with Gasteiger partial charge >= 0.3 is 103 Å². The predicted molar refractivity (Wildman–Crippen MR) is 23.7 cm³/mol. The summed E-state index contributed by atoms with van der Waals surface area (Å²) in [5, 5.41) is 18.5. The standard InChI is InChI=1S/2K.H2N2O7S/c;;3-1(4)10(7,8,9)2(5)6/h;;(H2,7,8,9)/q2*+1;/p-2. The van der Waals surface area contributed by atoms with E-state index < -0.39 is 18.7 Å². The number of rotatable bonds is 2. The van der Waals surface area contributed by atoms with Crippen molar-refractivity contribution in [2.45, 2.75) is 0 Å². The summed E-state index contributed by atoms with van der Waals surface area (Å²) in [4.78, 5) is 18.5. The fourth-order valence-corrected chi connectivity index (χ4v) is 0.163. The molecule has 0 aliphatic carbocycles. The van der Waals surface area contributed by atoms with Crippen molar-refractivity contribution in [2.24, 2.45) is 0 Å². The van der Waals surface area contributed by atoms with Gasteiger partial charge in [0.05, 0.1) is 0 Å². The average molecular weight is 250 g/mol. The first-order valence-electron chi connectivity index (χ1n) is 1.60. The van der Waals surface area contributed by atoms with Gasteiger partial charge in [-0.2, -0.15) is 4.21 Å². The topological polar surface area (TPSA) is 149 Å². The van der Waals surface area contributed by atoms with Crippen LogP contribution in [0.25, 0.3) is 0 Å². The molecule has 0 atom stereocenters. The molecule has 0 aliphatic rings. The molecule has 0 heterocycles. The first kappa shape index (κ1) is 19.7. The van der Waals surface area contributed by atoms with E-state index in [0.717, 1.165) is 0 Å². The number of nitro groups is 2. The SMILES string of the molecule is O=[N+]([O-])S(=O)([O-])([O-])[N+](=O)[O-].[K+].[K+]. The van der Waals surface area contributed by atoms with Crippen molar-refractivity contribution in [1.82, 2.24) is 0 Å². The molecule has 0 amide bonds. The molecule has 0 aliphatic heterocycles. The summed E-state index contributed by atoms with van der Waals surface area (Å²) in [6.45, 7) is 0. The van der Waals surface area contributed by atoms with Crippen LogP contribution in [0, 0.1) is 20.2 Å². The van der Waals surface area contributed by atoms with Gasteiger partial charge in [0.2, 0.25) is 0 Å². The van der Waals surface area contributed by atoms with Crippen molar-refractivity contribution in [3.05, 3.63) is 20.2 Å². The molecule has 12 heteroatoms. The minimum atomic E-state index is -7.39. The molecule has 0 bridgehead atoms. The van der Waals surface area contributed by atoms with Gasteiger partial charge < -0.3 is 9.11 Å². The normalized spacial score (nSPS) is 12.7. The van der Waals surface area contributed by atoms with Crippen LogP contribution in [0.15, 0.2) is 0 Å². The van der Waals surface area contributed by atoms with Crippen LogP contribution in [-0.4, -0.2) is 22.0 Å².